The van der Waals surface area contributed by atoms with Crippen molar-refractivity contribution in [2.45, 2.75) is 18.9 Å². The molecule has 0 spiro atoms. The first kappa shape index (κ1) is 18.6. The molecule has 2 saturated heterocycles. The third-order valence-corrected chi connectivity index (χ3v) is 6.32. The zero-order chi connectivity index (χ0) is 17.6. The van der Waals surface area contributed by atoms with Gasteiger partial charge in [-0.1, -0.05) is 0 Å². The summed E-state index contributed by atoms with van der Waals surface area (Å²) in [5, 5.41) is 4.10. The van der Waals surface area contributed by atoms with Crippen molar-refractivity contribution in [3.63, 3.8) is 0 Å². The van der Waals surface area contributed by atoms with E-state index in [0.717, 1.165) is 54.5 Å². The highest BCUT2D eigenvalue weighted by molar-refractivity contribution is 7.99. The van der Waals surface area contributed by atoms with E-state index in [-0.39, 0.29) is 0 Å². The maximum absolute atomic E-state index is 5.62. The fourth-order valence-electron chi connectivity index (χ4n) is 3.42. The Morgan fingerprint density at radius 1 is 1.04 bits per heavy atom. The zero-order valence-corrected chi connectivity index (χ0v) is 16.6. The Kier molecular flexibility index (Phi) is 6.67. The first-order valence-corrected chi connectivity index (χ1v) is 10.4. The smallest absolute Gasteiger partial charge is 0.173 e. The summed E-state index contributed by atoms with van der Waals surface area (Å²) in [6.07, 6.45) is 2.66. The van der Waals surface area contributed by atoms with Gasteiger partial charge >= 0.3 is 0 Å². The number of hydrogen-bond acceptors (Lipinski definition) is 5. The summed E-state index contributed by atoms with van der Waals surface area (Å²) in [4.78, 5) is 4.91. The summed E-state index contributed by atoms with van der Waals surface area (Å²) in [6.45, 7) is 4.16. The van der Waals surface area contributed by atoms with Crippen molar-refractivity contribution >= 4 is 34.8 Å². The van der Waals surface area contributed by atoms with Gasteiger partial charge in [0.15, 0.2) is 5.11 Å². The van der Waals surface area contributed by atoms with Gasteiger partial charge in [-0.2, -0.15) is 11.8 Å². The van der Waals surface area contributed by atoms with Gasteiger partial charge in [0.05, 0.1) is 14.2 Å². The molecule has 1 aromatic rings. The van der Waals surface area contributed by atoms with E-state index in [2.05, 4.69) is 26.9 Å². The van der Waals surface area contributed by atoms with Crippen molar-refractivity contribution in [1.29, 1.82) is 0 Å². The average molecular weight is 382 g/mol. The Morgan fingerprint density at radius 3 is 2.20 bits per heavy atom. The quantitative estimate of drug-likeness (QED) is 0.804. The minimum atomic E-state index is 0.754. The SMILES string of the molecule is COc1cc(NC(=S)N2CCN(C3CCSCC3)CC2)cc(OC)c1. The van der Waals surface area contributed by atoms with Crippen LogP contribution in [0.3, 0.4) is 0 Å². The van der Waals surface area contributed by atoms with E-state index in [4.69, 9.17) is 21.7 Å². The van der Waals surface area contributed by atoms with Gasteiger partial charge < -0.3 is 19.7 Å². The van der Waals surface area contributed by atoms with Crippen molar-refractivity contribution in [2.24, 2.45) is 0 Å². The number of piperazine rings is 1. The number of nitrogens with zero attached hydrogens (tertiary/aromatic N) is 2. The lowest BCUT2D eigenvalue weighted by Crippen LogP contribution is -2.53. The van der Waals surface area contributed by atoms with Crippen LogP contribution in [0.5, 0.6) is 11.5 Å². The molecule has 0 unspecified atom stereocenters. The maximum atomic E-state index is 5.62. The van der Waals surface area contributed by atoms with E-state index in [1.54, 1.807) is 14.2 Å². The van der Waals surface area contributed by atoms with Crippen molar-refractivity contribution in [3.8, 4) is 11.5 Å². The molecule has 2 fully saturated rings. The second-order valence-electron chi connectivity index (χ2n) is 6.40. The summed E-state index contributed by atoms with van der Waals surface area (Å²) in [7, 11) is 3.31. The van der Waals surface area contributed by atoms with E-state index >= 15 is 0 Å². The number of thioether (sulfide) groups is 1. The van der Waals surface area contributed by atoms with Crippen LogP contribution < -0.4 is 14.8 Å². The predicted molar refractivity (Wildman–Crippen MR) is 109 cm³/mol. The van der Waals surface area contributed by atoms with E-state index in [0.29, 0.717) is 0 Å². The fourth-order valence-corrected chi connectivity index (χ4v) is 4.80. The Bertz CT molecular complexity index is 563. The van der Waals surface area contributed by atoms with Crippen LogP contribution in [0, 0.1) is 0 Å². The molecule has 0 aliphatic carbocycles. The number of methoxy groups -OCH3 is 2. The molecular weight excluding hydrogens is 354 g/mol. The minimum absolute atomic E-state index is 0.754. The number of hydrogen-bond donors (Lipinski definition) is 1. The van der Waals surface area contributed by atoms with Crippen LogP contribution in [-0.4, -0.2) is 72.9 Å². The number of anilines is 1. The van der Waals surface area contributed by atoms with Gasteiger partial charge in [0.25, 0.3) is 0 Å². The first-order chi connectivity index (χ1) is 12.2. The Labute approximate surface area is 160 Å². The third kappa shape index (κ3) is 4.92. The average Bonchev–Trinajstić information content (AvgIpc) is 2.68. The summed E-state index contributed by atoms with van der Waals surface area (Å²) in [6, 6.07) is 6.50. The highest BCUT2D eigenvalue weighted by Gasteiger charge is 2.26. The molecule has 0 amide bonds. The molecule has 7 heteroatoms. The lowest BCUT2D eigenvalue weighted by molar-refractivity contribution is 0.126. The molecule has 5 nitrogen and oxygen atoms in total. The second-order valence-corrected chi connectivity index (χ2v) is 8.01. The van der Waals surface area contributed by atoms with Gasteiger partial charge in [0.1, 0.15) is 11.5 Å². The van der Waals surface area contributed by atoms with E-state index in [9.17, 15) is 0 Å². The van der Waals surface area contributed by atoms with Gasteiger partial charge in [-0.25, -0.2) is 0 Å². The topological polar surface area (TPSA) is 37.0 Å². The van der Waals surface area contributed by atoms with E-state index in [1.807, 2.05) is 18.2 Å². The molecule has 138 valence electrons. The molecule has 2 heterocycles. The number of rotatable bonds is 4. The molecular formula is C18H27N3O2S2. The van der Waals surface area contributed by atoms with Gasteiger partial charge in [0.2, 0.25) is 0 Å². The predicted octanol–water partition coefficient (Wildman–Crippen LogP) is 2.91. The molecule has 0 atom stereocenters. The molecule has 25 heavy (non-hydrogen) atoms. The van der Waals surface area contributed by atoms with Crippen LogP contribution >= 0.6 is 24.0 Å². The zero-order valence-electron chi connectivity index (χ0n) is 15.0. The molecule has 0 saturated carbocycles. The molecule has 0 radical (unpaired) electrons. The number of ether oxygens (including phenoxy) is 2. The third-order valence-electron chi connectivity index (χ3n) is 4.91. The van der Waals surface area contributed by atoms with Crippen molar-refractivity contribution in [3.05, 3.63) is 18.2 Å². The molecule has 3 rings (SSSR count). The molecule has 2 aliphatic heterocycles. The molecule has 0 bridgehead atoms. The standard InChI is InChI=1S/C18H27N3O2S2/c1-22-16-11-14(12-17(13-16)23-2)19-18(24)21-7-5-20(6-8-21)15-3-9-25-10-4-15/h11-13,15H,3-10H2,1-2H3,(H,19,24). The highest BCUT2D eigenvalue weighted by Crippen LogP contribution is 2.26. The van der Waals surface area contributed by atoms with Crippen LogP contribution in [0.25, 0.3) is 0 Å². The largest absolute Gasteiger partial charge is 0.497 e. The summed E-state index contributed by atoms with van der Waals surface area (Å²) < 4.78 is 10.6. The van der Waals surface area contributed by atoms with Crippen LogP contribution in [0.15, 0.2) is 18.2 Å². The lowest BCUT2D eigenvalue weighted by Gasteiger charge is -2.41. The monoisotopic (exact) mass is 381 g/mol. The minimum Gasteiger partial charge on any atom is -0.497 e. The number of thiocarbonyl (C=S) groups is 1. The molecule has 1 N–H and O–H groups in total. The van der Waals surface area contributed by atoms with Crippen molar-refractivity contribution < 1.29 is 9.47 Å². The molecule has 1 aromatic carbocycles. The number of benzene rings is 1. The highest BCUT2D eigenvalue weighted by atomic mass is 32.2. The van der Waals surface area contributed by atoms with Crippen molar-refractivity contribution in [1.82, 2.24) is 9.80 Å². The van der Waals surface area contributed by atoms with E-state index in [1.165, 1.54) is 24.3 Å². The second kappa shape index (κ2) is 8.96. The van der Waals surface area contributed by atoms with Crippen LogP contribution in [-0.2, 0) is 0 Å². The summed E-state index contributed by atoms with van der Waals surface area (Å²) >= 11 is 7.71. The van der Waals surface area contributed by atoms with Gasteiger partial charge in [-0.15, -0.1) is 0 Å². The summed E-state index contributed by atoms with van der Waals surface area (Å²) in [5.74, 6) is 4.12. The van der Waals surface area contributed by atoms with Gasteiger partial charge in [-0.05, 0) is 36.6 Å². The van der Waals surface area contributed by atoms with Crippen LogP contribution in [0.4, 0.5) is 5.69 Å². The Balaban J connectivity index is 1.54. The number of nitrogens with one attached hydrogen (secondary N) is 1. The first-order valence-electron chi connectivity index (χ1n) is 8.80. The summed E-state index contributed by atoms with van der Waals surface area (Å²) in [5.41, 5.74) is 0.896. The van der Waals surface area contributed by atoms with Crippen LogP contribution in [0.1, 0.15) is 12.8 Å². The Morgan fingerprint density at radius 2 is 1.64 bits per heavy atom. The maximum Gasteiger partial charge on any atom is 0.173 e. The van der Waals surface area contributed by atoms with Crippen molar-refractivity contribution in [2.75, 3.05) is 57.2 Å². The lowest BCUT2D eigenvalue weighted by atomic mass is 10.1. The van der Waals surface area contributed by atoms with Gasteiger partial charge in [-0.3, -0.25) is 4.90 Å². The van der Waals surface area contributed by atoms with Crippen LogP contribution in [0.2, 0.25) is 0 Å². The molecule has 2 aliphatic rings. The fraction of sp³-hybridized carbons (Fsp3) is 0.611. The van der Waals surface area contributed by atoms with E-state index < -0.39 is 0 Å². The Hall–Kier alpha value is -1.18. The van der Waals surface area contributed by atoms with Gasteiger partial charge in [0, 0.05) is 56.1 Å². The normalized spacial score (nSPS) is 19.5. The molecule has 0 aromatic heterocycles.